The molecule has 0 spiro atoms. The molecule has 3 heterocycles. The molecule has 5 rings (SSSR count). The van der Waals surface area contributed by atoms with Gasteiger partial charge < -0.3 is 34.5 Å². The number of aromatic hydroxyl groups is 2. The number of unbranched alkanes of at least 4 members (excludes halogenated alkanes) is 2. The van der Waals surface area contributed by atoms with Crippen molar-refractivity contribution in [2.45, 2.75) is 89.6 Å². The molecule has 13 heteroatoms. The molecule has 0 bridgehead atoms. The van der Waals surface area contributed by atoms with E-state index in [9.17, 15) is 24.6 Å². The fourth-order valence-corrected chi connectivity index (χ4v) is 6.84. The summed E-state index contributed by atoms with van der Waals surface area (Å²) in [5, 5.41) is 35.0. The zero-order valence-electron chi connectivity index (χ0n) is 31.4. The summed E-state index contributed by atoms with van der Waals surface area (Å²) in [6, 6.07) is 10.5. The van der Waals surface area contributed by atoms with Crippen LogP contribution in [0.25, 0.3) is 11.7 Å². The maximum absolute atomic E-state index is 13.8. The third-order valence-electron chi connectivity index (χ3n) is 9.66. The number of rotatable bonds is 13. The number of hydrogen-bond donors (Lipinski definition) is 3. The van der Waals surface area contributed by atoms with Crippen molar-refractivity contribution >= 4 is 29.4 Å². The van der Waals surface area contributed by atoms with E-state index in [-0.39, 0.29) is 40.6 Å². The van der Waals surface area contributed by atoms with Crippen molar-refractivity contribution in [1.82, 2.24) is 19.9 Å². The highest BCUT2D eigenvalue weighted by Gasteiger charge is 2.32. The van der Waals surface area contributed by atoms with Crippen LogP contribution in [0.15, 0.2) is 48.7 Å². The third kappa shape index (κ3) is 9.68. The number of methoxy groups -OCH3 is 3. The lowest BCUT2D eigenvalue weighted by Crippen LogP contribution is -2.26. The molecule has 1 unspecified atom stereocenters. The van der Waals surface area contributed by atoms with Crippen LogP contribution in [0.2, 0.25) is 0 Å². The Balaban J connectivity index is 1.42. The molecule has 1 aliphatic rings. The average Bonchev–Trinajstić information content (AvgIpc) is 3.57. The van der Waals surface area contributed by atoms with Gasteiger partial charge in [-0.1, -0.05) is 24.6 Å². The highest BCUT2D eigenvalue weighted by Crippen LogP contribution is 2.47. The van der Waals surface area contributed by atoms with Crippen LogP contribution in [0, 0.1) is 0 Å². The Morgan fingerprint density at radius 3 is 2.50 bits per heavy atom. The number of Topliss-reactive ketones (excluding diaryl/α,β-unsaturated/α-hetero) is 1. The first-order valence-corrected chi connectivity index (χ1v) is 18.5. The Morgan fingerprint density at radius 1 is 1.00 bits per heavy atom. The Hall–Kier alpha value is -5.59. The van der Waals surface area contributed by atoms with Crippen LogP contribution in [0.4, 0.5) is 0 Å². The number of cyclic esters (lactones) is 1. The minimum atomic E-state index is -0.960. The standard InChI is InChI=1S/C41H50N4O9/c1-26-14-13-17-29(46)16-8-5-7-15-27-22-31(47)38(39(49)37(27)41(50)54-26)30(28-23-32(51-2)40(53-4)33(24-28)52-3)25-36(48)42-20-11-6-9-18-34-43-44-35-19-10-12-21-45(34)35/h7,10,12,15,19,21-24,26,30,47,49H,5-6,8-9,11,13-14,16-18,20,25H2,1-4H3,(H,42,48)/b15-7+/t26-,30?/m0/s1. The van der Waals surface area contributed by atoms with Gasteiger partial charge in [-0.15, -0.1) is 10.2 Å². The number of allylic oxidation sites excluding steroid dienone is 1. The first-order valence-electron chi connectivity index (χ1n) is 18.5. The predicted octanol–water partition coefficient (Wildman–Crippen LogP) is 6.70. The highest BCUT2D eigenvalue weighted by molar-refractivity contribution is 5.98. The normalized spacial score (nSPS) is 16.5. The second-order valence-electron chi connectivity index (χ2n) is 13.5. The molecule has 3 N–H and O–H groups in total. The topological polar surface area (TPSA) is 171 Å². The number of esters is 1. The van der Waals surface area contributed by atoms with E-state index in [0.29, 0.717) is 67.9 Å². The number of pyridine rings is 1. The van der Waals surface area contributed by atoms with Crippen molar-refractivity contribution in [2.24, 2.45) is 0 Å². The molecule has 0 saturated carbocycles. The second-order valence-corrected chi connectivity index (χ2v) is 13.5. The first-order chi connectivity index (χ1) is 26.1. The quantitative estimate of drug-likeness (QED) is 0.0984. The molecule has 1 aliphatic heterocycles. The van der Waals surface area contributed by atoms with E-state index in [0.717, 1.165) is 37.2 Å². The fraction of sp³-hybridized carbons (Fsp3) is 0.439. The number of nitrogens with one attached hydrogen (secondary N) is 1. The Morgan fingerprint density at radius 2 is 1.76 bits per heavy atom. The fourth-order valence-electron chi connectivity index (χ4n) is 6.84. The summed E-state index contributed by atoms with van der Waals surface area (Å²) >= 11 is 0. The van der Waals surface area contributed by atoms with E-state index in [2.05, 4.69) is 15.5 Å². The van der Waals surface area contributed by atoms with E-state index in [1.54, 1.807) is 31.2 Å². The van der Waals surface area contributed by atoms with Gasteiger partial charge in [-0.2, -0.15) is 0 Å². The zero-order valence-corrected chi connectivity index (χ0v) is 31.4. The van der Waals surface area contributed by atoms with Gasteiger partial charge in [0.25, 0.3) is 0 Å². The number of hydrogen-bond acceptors (Lipinski definition) is 11. The molecule has 0 aliphatic carbocycles. The van der Waals surface area contributed by atoms with Gasteiger partial charge in [0, 0.05) is 49.9 Å². The number of benzene rings is 2. The van der Waals surface area contributed by atoms with Crippen LogP contribution in [-0.4, -0.2) is 76.4 Å². The highest BCUT2D eigenvalue weighted by atomic mass is 16.5. The number of nitrogens with zero attached hydrogens (tertiary/aromatic N) is 3. The summed E-state index contributed by atoms with van der Waals surface area (Å²) in [5.41, 5.74) is 1.36. The lowest BCUT2D eigenvalue weighted by Gasteiger charge is -2.24. The predicted molar refractivity (Wildman–Crippen MR) is 203 cm³/mol. The number of phenolic OH excluding ortho intramolecular Hbond substituents is 2. The lowest BCUT2D eigenvalue weighted by atomic mass is 9.84. The molecule has 288 valence electrons. The second kappa shape index (κ2) is 18.9. The summed E-state index contributed by atoms with van der Waals surface area (Å²) in [7, 11) is 4.41. The molecule has 2 atom stereocenters. The molecule has 0 saturated heterocycles. The summed E-state index contributed by atoms with van der Waals surface area (Å²) in [4.78, 5) is 39.6. The maximum atomic E-state index is 13.8. The maximum Gasteiger partial charge on any atom is 0.342 e. The smallest absolute Gasteiger partial charge is 0.342 e. The minimum absolute atomic E-state index is 0.0246. The first kappa shape index (κ1) is 39.6. The van der Waals surface area contributed by atoms with Crippen molar-refractivity contribution in [3.05, 3.63) is 76.7 Å². The summed E-state index contributed by atoms with van der Waals surface area (Å²) in [5.74, 6) is -0.896. The lowest BCUT2D eigenvalue weighted by molar-refractivity contribution is -0.121. The number of amides is 1. The Kier molecular flexibility index (Phi) is 13.9. The number of ether oxygens (including phenoxy) is 4. The molecule has 2 aromatic heterocycles. The van der Waals surface area contributed by atoms with Crippen molar-refractivity contribution in [1.29, 1.82) is 0 Å². The van der Waals surface area contributed by atoms with E-state index < -0.39 is 23.7 Å². The van der Waals surface area contributed by atoms with Crippen LogP contribution < -0.4 is 19.5 Å². The minimum Gasteiger partial charge on any atom is -0.507 e. The number of phenols is 2. The summed E-state index contributed by atoms with van der Waals surface area (Å²) in [6.45, 7) is 2.14. The van der Waals surface area contributed by atoms with Crippen LogP contribution in [0.5, 0.6) is 28.7 Å². The van der Waals surface area contributed by atoms with Crippen molar-refractivity contribution in [3.8, 4) is 28.7 Å². The molecular weight excluding hydrogens is 692 g/mol. The average molecular weight is 743 g/mol. The molecule has 2 aromatic carbocycles. The largest absolute Gasteiger partial charge is 0.507 e. The van der Waals surface area contributed by atoms with Gasteiger partial charge >= 0.3 is 5.97 Å². The number of fused-ring (bicyclic) bond motifs is 2. The molecule has 54 heavy (non-hydrogen) atoms. The summed E-state index contributed by atoms with van der Waals surface area (Å²) in [6.07, 6.45) is 10.9. The third-order valence-corrected chi connectivity index (χ3v) is 9.66. The monoisotopic (exact) mass is 742 g/mol. The molecule has 4 aromatic rings. The SMILES string of the molecule is COc1cc(C(CC(=O)NCCCCCc2nnc3ccccn23)c2c(O)cc3c(c2O)C(=O)O[C@@H](C)CCCC(=O)CCC/C=C/3)cc(OC)c1OC. The van der Waals surface area contributed by atoms with Crippen LogP contribution in [0.1, 0.15) is 110 Å². The number of ketones is 1. The zero-order chi connectivity index (χ0) is 38.6. The van der Waals surface area contributed by atoms with Gasteiger partial charge in [-0.3, -0.25) is 14.0 Å². The van der Waals surface area contributed by atoms with E-state index >= 15 is 0 Å². The van der Waals surface area contributed by atoms with Gasteiger partial charge in [0.2, 0.25) is 11.7 Å². The van der Waals surface area contributed by atoms with Crippen LogP contribution in [-0.2, 0) is 20.7 Å². The van der Waals surface area contributed by atoms with E-state index in [1.165, 1.54) is 27.4 Å². The Labute approximate surface area is 315 Å². The van der Waals surface area contributed by atoms with Gasteiger partial charge in [0.05, 0.1) is 27.4 Å². The van der Waals surface area contributed by atoms with Gasteiger partial charge in [-0.05, 0) is 86.9 Å². The number of carbonyl (C=O) groups is 3. The van der Waals surface area contributed by atoms with E-state index in [4.69, 9.17) is 18.9 Å². The van der Waals surface area contributed by atoms with Gasteiger partial charge in [-0.25, -0.2) is 4.79 Å². The molecular formula is C41H50N4O9. The molecule has 0 radical (unpaired) electrons. The molecule has 1 amide bonds. The van der Waals surface area contributed by atoms with Gasteiger partial charge in [0.1, 0.15) is 28.7 Å². The molecule has 13 nitrogen and oxygen atoms in total. The van der Waals surface area contributed by atoms with E-state index in [1.807, 2.05) is 28.8 Å². The Bertz CT molecular complexity index is 1950. The summed E-state index contributed by atoms with van der Waals surface area (Å²) < 4.78 is 24.5. The van der Waals surface area contributed by atoms with Crippen molar-refractivity contribution < 1.29 is 43.5 Å². The number of carbonyl (C=O) groups excluding carboxylic acids is 3. The van der Waals surface area contributed by atoms with Crippen molar-refractivity contribution in [2.75, 3.05) is 27.9 Å². The molecule has 0 fully saturated rings. The number of aryl methyl sites for hydroxylation is 1. The number of aromatic nitrogens is 3. The van der Waals surface area contributed by atoms with Crippen LogP contribution >= 0.6 is 0 Å². The van der Waals surface area contributed by atoms with Crippen LogP contribution in [0.3, 0.4) is 0 Å². The van der Waals surface area contributed by atoms with Gasteiger partial charge in [0.15, 0.2) is 17.1 Å². The van der Waals surface area contributed by atoms with Crippen molar-refractivity contribution in [3.63, 3.8) is 0 Å².